The Labute approximate surface area is 170 Å². The summed E-state index contributed by atoms with van der Waals surface area (Å²) in [5.74, 6) is -0.645. The minimum absolute atomic E-state index is 0.00118. The van der Waals surface area contributed by atoms with Gasteiger partial charge in [-0.15, -0.1) is 0 Å². The minimum atomic E-state index is -0.350. The summed E-state index contributed by atoms with van der Waals surface area (Å²) < 4.78 is 5.36. The molecule has 28 heavy (non-hydrogen) atoms. The number of hydrogen-bond donors (Lipinski definition) is 0. The molecule has 1 aliphatic rings. The summed E-state index contributed by atoms with van der Waals surface area (Å²) in [7, 11) is 0. The van der Waals surface area contributed by atoms with Gasteiger partial charge in [-0.25, -0.2) is 4.79 Å². The van der Waals surface area contributed by atoms with Crippen LogP contribution in [0.25, 0.3) is 0 Å². The summed E-state index contributed by atoms with van der Waals surface area (Å²) >= 11 is 6.10. The Morgan fingerprint density at radius 1 is 1.14 bits per heavy atom. The van der Waals surface area contributed by atoms with Crippen LogP contribution in [-0.4, -0.2) is 23.4 Å². The van der Waals surface area contributed by atoms with Crippen molar-refractivity contribution in [1.29, 1.82) is 0 Å². The van der Waals surface area contributed by atoms with Crippen molar-refractivity contribution >= 4 is 23.5 Å². The van der Waals surface area contributed by atoms with Crippen LogP contribution in [0, 0.1) is 0 Å². The standard InChI is InChI=1S/C23H24ClNO3/c1-3-20-22(23(27)28-4-2)19(17-10-6-5-7-11-17)14-21(26)25(20)15-16-9-8-12-18(24)13-16/h5-13,19H,3-4,14-15H2,1-2H3/t19-/m1/s1. The average molecular weight is 398 g/mol. The predicted octanol–water partition coefficient (Wildman–Crippen LogP) is 5.08. The maximum Gasteiger partial charge on any atom is 0.336 e. The molecule has 0 saturated heterocycles. The summed E-state index contributed by atoms with van der Waals surface area (Å²) in [5, 5.41) is 0.622. The first kappa shape index (κ1) is 20.2. The Kier molecular flexibility index (Phi) is 6.53. The molecule has 146 valence electrons. The number of ether oxygens (including phenoxy) is 1. The molecule has 2 aromatic rings. The van der Waals surface area contributed by atoms with E-state index in [1.807, 2.05) is 55.5 Å². The molecule has 1 aliphatic heterocycles. The molecule has 0 radical (unpaired) electrons. The van der Waals surface area contributed by atoms with Gasteiger partial charge < -0.3 is 9.64 Å². The summed E-state index contributed by atoms with van der Waals surface area (Å²) in [6.45, 7) is 4.43. The third-order valence-electron chi connectivity index (χ3n) is 4.93. The van der Waals surface area contributed by atoms with Gasteiger partial charge in [-0.05, 0) is 36.6 Å². The molecule has 3 rings (SSSR count). The molecule has 1 heterocycles. The molecular formula is C23H24ClNO3. The molecule has 0 bridgehead atoms. The van der Waals surface area contributed by atoms with Crippen molar-refractivity contribution < 1.29 is 14.3 Å². The number of esters is 1. The molecule has 0 N–H and O–H groups in total. The average Bonchev–Trinajstić information content (AvgIpc) is 2.69. The topological polar surface area (TPSA) is 46.6 Å². The van der Waals surface area contributed by atoms with Gasteiger partial charge in [0.15, 0.2) is 0 Å². The fraction of sp³-hybridized carbons (Fsp3) is 0.304. The van der Waals surface area contributed by atoms with Crippen LogP contribution in [0.2, 0.25) is 5.02 Å². The molecule has 0 aliphatic carbocycles. The first-order valence-corrected chi connectivity index (χ1v) is 9.92. The van der Waals surface area contributed by atoms with Crippen molar-refractivity contribution in [1.82, 2.24) is 4.90 Å². The van der Waals surface area contributed by atoms with Crippen LogP contribution in [0.3, 0.4) is 0 Å². The number of halogens is 1. The van der Waals surface area contributed by atoms with Crippen molar-refractivity contribution in [3.63, 3.8) is 0 Å². The predicted molar refractivity (Wildman–Crippen MR) is 110 cm³/mol. The number of allylic oxidation sites excluding steroid dienone is 1. The van der Waals surface area contributed by atoms with Gasteiger partial charge in [0.25, 0.3) is 0 Å². The molecule has 1 atom stereocenters. The number of rotatable bonds is 6. The Bertz CT molecular complexity index is 892. The normalized spacial score (nSPS) is 17.0. The maximum atomic E-state index is 13.1. The minimum Gasteiger partial charge on any atom is -0.463 e. The van der Waals surface area contributed by atoms with Crippen LogP contribution in [-0.2, 0) is 20.9 Å². The fourth-order valence-corrected chi connectivity index (χ4v) is 3.92. The van der Waals surface area contributed by atoms with Gasteiger partial charge in [-0.3, -0.25) is 4.79 Å². The third kappa shape index (κ3) is 4.28. The second-order valence-corrected chi connectivity index (χ2v) is 7.15. The number of hydrogen-bond acceptors (Lipinski definition) is 3. The zero-order valence-electron chi connectivity index (χ0n) is 16.2. The summed E-state index contributed by atoms with van der Waals surface area (Å²) in [6.07, 6.45) is 0.798. The van der Waals surface area contributed by atoms with E-state index in [2.05, 4.69) is 0 Å². The van der Waals surface area contributed by atoms with E-state index in [1.54, 1.807) is 17.9 Å². The van der Waals surface area contributed by atoms with Crippen LogP contribution in [0.15, 0.2) is 65.9 Å². The summed E-state index contributed by atoms with van der Waals surface area (Å²) in [6, 6.07) is 17.1. The van der Waals surface area contributed by atoms with E-state index >= 15 is 0 Å². The lowest BCUT2D eigenvalue weighted by Crippen LogP contribution is -2.38. The van der Waals surface area contributed by atoms with Gasteiger partial charge in [0, 0.05) is 23.1 Å². The lowest BCUT2D eigenvalue weighted by atomic mass is 9.83. The Morgan fingerprint density at radius 2 is 1.89 bits per heavy atom. The molecular weight excluding hydrogens is 374 g/mol. The molecule has 0 aromatic heterocycles. The molecule has 4 nitrogen and oxygen atoms in total. The second kappa shape index (κ2) is 9.07. The number of carbonyl (C=O) groups is 2. The van der Waals surface area contributed by atoms with Crippen molar-refractivity contribution in [3.05, 3.63) is 82.0 Å². The molecule has 2 aromatic carbocycles. The Hall–Kier alpha value is -2.59. The quantitative estimate of drug-likeness (QED) is 0.638. The van der Waals surface area contributed by atoms with Crippen molar-refractivity contribution in [2.75, 3.05) is 6.61 Å². The van der Waals surface area contributed by atoms with Gasteiger partial charge in [0.05, 0.1) is 18.7 Å². The zero-order valence-corrected chi connectivity index (χ0v) is 16.9. The van der Waals surface area contributed by atoms with E-state index in [-0.39, 0.29) is 24.2 Å². The van der Waals surface area contributed by atoms with Gasteiger partial charge in [-0.2, -0.15) is 0 Å². The Balaban J connectivity index is 2.07. The van der Waals surface area contributed by atoms with E-state index < -0.39 is 0 Å². The van der Waals surface area contributed by atoms with Gasteiger partial charge in [-0.1, -0.05) is 61.0 Å². The molecule has 0 unspecified atom stereocenters. The van der Waals surface area contributed by atoms with Crippen molar-refractivity contribution in [2.45, 2.75) is 39.2 Å². The summed E-state index contributed by atoms with van der Waals surface area (Å²) in [4.78, 5) is 27.6. The number of nitrogens with zero attached hydrogens (tertiary/aromatic N) is 1. The van der Waals surface area contributed by atoms with Gasteiger partial charge in [0.2, 0.25) is 5.91 Å². The Morgan fingerprint density at radius 3 is 2.54 bits per heavy atom. The molecule has 1 amide bonds. The monoisotopic (exact) mass is 397 g/mol. The van der Waals surface area contributed by atoms with E-state index in [4.69, 9.17) is 16.3 Å². The number of carbonyl (C=O) groups excluding carboxylic acids is 2. The van der Waals surface area contributed by atoms with Crippen LogP contribution in [0.5, 0.6) is 0 Å². The number of amides is 1. The highest BCUT2D eigenvalue weighted by Gasteiger charge is 2.37. The van der Waals surface area contributed by atoms with Crippen LogP contribution in [0.4, 0.5) is 0 Å². The van der Waals surface area contributed by atoms with E-state index in [0.717, 1.165) is 16.8 Å². The lowest BCUT2D eigenvalue weighted by molar-refractivity contribution is -0.140. The van der Waals surface area contributed by atoms with Gasteiger partial charge >= 0.3 is 5.97 Å². The van der Waals surface area contributed by atoms with E-state index in [9.17, 15) is 9.59 Å². The lowest BCUT2D eigenvalue weighted by Gasteiger charge is -2.35. The highest BCUT2D eigenvalue weighted by molar-refractivity contribution is 6.30. The van der Waals surface area contributed by atoms with Crippen molar-refractivity contribution in [2.24, 2.45) is 0 Å². The van der Waals surface area contributed by atoms with Crippen LogP contribution in [0.1, 0.15) is 43.7 Å². The molecule has 0 fully saturated rings. The fourth-order valence-electron chi connectivity index (χ4n) is 3.71. The number of benzene rings is 2. The highest BCUT2D eigenvalue weighted by Crippen LogP contribution is 2.39. The first-order valence-electron chi connectivity index (χ1n) is 9.55. The third-order valence-corrected chi connectivity index (χ3v) is 5.16. The smallest absolute Gasteiger partial charge is 0.336 e. The summed E-state index contributed by atoms with van der Waals surface area (Å²) in [5.41, 5.74) is 3.18. The van der Waals surface area contributed by atoms with Crippen LogP contribution < -0.4 is 0 Å². The second-order valence-electron chi connectivity index (χ2n) is 6.71. The first-order chi connectivity index (χ1) is 13.5. The van der Waals surface area contributed by atoms with Gasteiger partial charge in [0.1, 0.15) is 0 Å². The van der Waals surface area contributed by atoms with E-state index in [1.165, 1.54) is 0 Å². The molecule has 5 heteroatoms. The van der Waals surface area contributed by atoms with Crippen LogP contribution >= 0.6 is 11.6 Å². The SMILES string of the molecule is CCOC(=O)C1=C(CC)N(Cc2cccc(Cl)c2)C(=O)C[C@@H]1c1ccccc1. The maximum absolute atomic E-state index is 13.1. The largest absolute Gasteiger partial charge is 0.463 e. The van der Waals surface area contributed by atoms with E-state index in [0.29, 0.717) is 30.2 Å². The zero-order chi connectivity index (χ0) is 20.1. The molecule has 0 saturated carbocycles. The highest BCUT2D eigenvalue weighted by atomic mass is 35.5. The van der Waals surface area contributed by atoms with Crippen molar-refractivity contribution in [3.8, 4) is 0 Å². The molecule has 0 spiro atoms.